The average molecular weight is 207 g/mol. The summed E-state index contributed by atoms with van der Waals surface area (Å²) in [6, 6.07) is 5.86. The smallest absolute Gasteiger partial charge is 0.167 e. The number of nitrogens with zero attached hydrogens (tertiary/aromatic N) is 3. The van der Waals surface area contributed by atoms with Gasteiger partial charge in [-0.25, -0.2) is 9.66 Å². The first kappa shape index (κ1) is 7.34. The minimum Gasteiger partial charge on any atom is -0.226 e. The van der Waals surface area contributed by atoms with Gasteiger partial charge < -0.3 is 0 Å². The van der Waals surface area contributed by atoms with E-state index in [0.717, 1.165) is 21.8 Å². The van der Waals surface area contributed by atoms with Crippen molar-refractivity contribution in [2.75, 3.05) is 0 Å². The Morgan fingerprint density at radius 1 is 1.38 bits per heavy atom. The first-order chi connectivity index (χ1) is 6.34. The number of thiol groups is 1. The zero-order valence-electron chi connectivity index (χ0n) is 6.51. The summed E-state index contributed by atoms with van der Waals surface area (Å²) in [6.07, 6.45) is 0. The second kappa shape index (κ2) is 2.46. The Kier molecular flexibility index (Phi) is 1.39. The van der Waals surface area contributed by atoms with Crippen molar-refractivity contribution < 1.29 is 0 Å². The SMILES string of the molecule is Sc1ccc2nc3n(c2c1)N=S=C3. The highest BCUT2D eigenvalue weighted by Gasteiger charge is 2.10. The largest absolute Gasteiger partial charge is 0.226 e. The zero-order valence-corrected chi connectivity index (χ0v) is 8.22. The first-order valence-electron chi connectivity index (χ1n) is 3.76. The van der Waals surface area contributed by atoms with E-state index < -0.39 is 0 Å². The number of rotatable bonds is 0. The number of hydrogen-bond donors (Lipinski definition) is 1. The Balaban J connectivity index is 2.48. The van der Waals surface area contributed by atoms with Crippen LogP contribution in [0.5, 0.6) is 0 Å². The molecule has 0 spiro atoms. The van der Waals surface area contributed by atoms with Gasteiger partial charge in [-0.1, -0.05) is 0 Å². The summed E-state index contributed by atoms with van der Waals surface area (Å²) in [5.41, 5.74) is 1.98. The lowest BCUT2D eigenvalue weighted by Gasteiger charge is -1.93. The van der Waals surface area contributed by atoms with E-state index in [2.05, 4.69) is 22.1 Å². The van der Waals surface area contributed by atoms with Crippen molar-refractivity contribution in [1.29, 1.82) is 0 Å². The van der Waals surface area contributed by atoms with E-state index in [0.29, 0.717) is 0 Å². The molecule has 3 nitrogen and oxygen atoms in total. The molecule has 1 aromatic carbocycles. The molecule has 0 radical (unpaired) electrons. The predicted octanol–water partition coefficient (Wildman–Crippen LogP) is 1.52. The minimum absolute atomic E-state index is 0.902. The quantitative estimate of drug-likeness (QED) is 0.439. The van der Waals surface area contributed by atoms with Crippen molar-refractivity contribution in [3.63, 3.8) is 0 Å². The third-order valence-corrected chi connectivity index (χ3v) is 2.78. The lowest BCUT2D eigenvalue weighted by molar-refractivity contribution is 0.927. The molecule has 1 aliphatic heterocycles. The summed E-state index contributed by atoms with van der Waals surface area (Å²) in [5.74, 6) is 0.902. The summed E-state index contributed by atoms with van der Waals surface area (Å²) >= 11 is 5.68. The van der Waals surface area contributed by atoms with Gasteiger partial charge in [0.15, 0.2) is 5.82 Å². The molecule has 64 valence electrons. The van der Waals surface area contributed by atoms with Crippen LogP contribution in [-0.4, -0.2) is 15.0 Å². The fourth-order valence-electron chi connectivity index (χ4n) is 1.35. The summed E-state index contributed by atoms with van der Waals surface area (Å²) in [6.45, 7) is 0. The van der Waals surface area contributed by atoms with Gasteiger partial charge >= 0.3 is 0 Å². The normalized spacial score (nSPS) is 13.3. The fourth-order valence-corrected chi connectivity index (χ4v) is 2.11. The second-order valence-electron chi connectivity index (χ2n) is 2.76. The lowest BCUT2D eigenvalue weighted by Crippen LogP contribution is -1.88. The topological polar surface area (TPSA) is 30.2 Å². The molecule has 3 rings (SSSR count). The molecule has 0 atom stereocenters. The maximum absolute atomic E-state index is 4.39. The van der Waals surface area contributed by atoms with E-state index >= 15 is 0 Å². The standard InChI is InChI=1S/C8H5N3S2/c12-5-1-2-6-7(3-5)11-8(9-6)4-13-10-11/h1-4,12H. The molecule has 0 fully saturated rings. The molecule has 1 aromatic heterocycles. The van der Waals surface area contributed by atoms with E-state index in [-0.39, 0.29) is 0 Å². The van der Waals surface area contributed by atoms with Crippen molar-refractivity contribution in [3.05, 3.63) is 24.0 Å². The van der Waals surface area contributed by atoms with Gasteiger partial charge in [0.2, 0.25) is 0 Å². The van der Waals surface area contributed by atoms with Gasteiger partial charge in [-0.15, -0.1) is 17.1 Å². The number of aromatic nitrogens is 2. The lowest BCUT2D eigenvalue weighted by atomic mass is 10.3. The van der Waals surface area contributed by atoms with Crippen LogP contribution in [-0.2, 0) is 11.1 Å². The molecule has 13 heavy (non-hydrogen) atoms. The number of hydrogen-bond acceptors (Lipinski definition) is 3. The minimum atomic E-state index is 0.902. The van der Waals surface area contributed by atoms with E-state index in [9.17, 15) is 0 Å². The monoisotopic (exact) mass is 207 g/mol. The van der Waals surface area contributed by atoms with Crippen LogP contribution in [0.15, 0.2) is 27.6 Å². The Bertz CT molecular complexity index is 564. The summed E-state index contributed by atoms with van der Waals surface area (Å²) in [7, 11) is 0. The molecule has 2 aromatic rings. The molecular weight excluding hydrogens is 202 g/mol. The molecular formula is C8H5N3S2. The molecule has 0 unspecified atom stereocenters. The van der Waals surface area contributed by atoms with Crippen LogP contribution in [0.2, 0.25) is 0 Å². The Morgan fingerprint density at radius 2 is 2.31 bits per heavy atom. The van der Waals surface area contributed by atoms with E-state index in [1.54, 1.807) is 0 Å². The van der Waals surface area contributed by atoms with E-state index in [4.69, 9.17) is 0 Å². The molecule has 0 amide bonds. The van der Waals surface area contributed by atoms with Gasteiger partial charge in [-0.05, 0) is 29.3 Å². The van der Waals surface area contributed by atoms with Crippen LogP contribution in [0.3, 0.4) is 0 Å². The van der Waals surface area contributed by atoms with Gasteiger partial charge in [-0.3, -0.25) is 0 Å². The third kappa shape index (κ3) is 0.973. The Morgan fingerprint density at radius 3 is 3.23 bits per heavy atom. The van der Waals surface area contributed by atoms with Crippen molar-refractivity contribution in [2.24, 2.45) is 4.47 Å². The molecule has 0 aliphatic carbocycles. The van der Waals surface area contributed by atoms with E-state index in [1.807, 2.05) is 28.2 Å². The fraction of sp³-hybridized carbons (Fsp3) is 0. The van der Waals surface area contributed by atoms with Crippen LogP contribution in [0.4, 0.5) is 0 Å². The van der Waals surface area contributed by atoms with Crippen LogP contribution in [0, 0.1) is 0 Å². The molecule has 0 bridgehead atoms. The van der Waals surface area contributed by atoms with Crippen LogP contribution in [0.1, 0.15) is 5.82 Å². The predicted molar refractivity (Wildman–Crippen MR) is 57.3 cm³/mol. The molecule has 0 N–H and O–H groups in total. The van der Waals surface area contributed by atoms with Crippen LogP contribution < -0.4 is 0 Å². The number of benzene rings is 1. The third-order valence-electron chi connectivity index (χ3n) is 1.93. The number of fused-ring (bicyclic) bond motifs is 3. The maximum atomic E-state index is 4.39. The molecule has 0 saturated carbocycles. The maximum Gasteiger partial charge on any atom is 0.167 e. The highest BCUT2D eigenvalue weighted by molar-refractivity contribution is 7.80. The van der Waals surface area contributed by atoms with Gasteiger partial charge in [0.1, 0.15) is 0 Å². The first-order valence-corrected chi connectivity index (χ1v) is 5.05. The highest BCUT2D eigenvalue weighted by atomic mass is 32.1. The molecule has 0 saturated heterocycles. The molecule has 5 heteroatoms. The van der Waals surface area contributed by atoms with Gasteiger partial charge in [0, 0.05) is 4.90 Å². The van der Waals surface area contributed by atoms with Crippen molar-refractivity contribution >= 4 is 40.2 Å². The molecule has 2 heterocycles. The summed E-state index contributed by atoms with van der Waals surface area (Å²) < 4.78 is 6.04. The van der Waals surface area contributed by atoms with Crippen LogP contribution in [0.25, 0.3) is 11.0 Å². The summed E-state index contributed by atoms with van der Waals surface area (Å²) in [4.78, 5) is 5.33. The van der Waals surface area contributed by atoms with Gasteiger partial charge in [0.05, 0.1) is 16.4 Å². The zero-order chi connectivity index (χ0) is 8.84. The van der Waals surface area contributed by atoms with Gasteiger partial charge in [-0.2, -0.15) is 0 Å². The van der Waals surface area contributed by atoms with E-state index in [1.165, 1.54) is 11.1 Å². The van der Waals surface area contributed by atoms with Crippen molar-refractivity contribution in [2.45, 2.75) is 4.90 Å². The molecule has 1 aliphatic rings. The van der Waals surface area contributed by atoms with Crippen molar-refractivity contribution in [1.82, 2.24) is 9.66 Å². The second-order valence-corrected chi connectivity index (χ2v) is 3.89. The highest BCUT2D eigenvalue weighted by Crippen LogP contribution is 2.19. The summed E-state index contributed by atoms with van der Waals surface area (Å²) in [5, 5.41) is 1.93. The Labute approximate surface area is 83.5 Å². The average Bonchev–Trinajstić information content (AvgIpc) is 2.64. The van der Waals surface area contributed by atoms with Gasteiger partial charge in [0.25, 0.3) is 0 Å². The Hall–Kier alpha value is -1.07. The number of imidazole rings is 1. The van der Waals surface area contributed by atoms with Crippen LogP contribution >= 0.6 is 12.6 Å². The van der Waals surface area contributed by atoms with Crippen molar-refractivity contribution in [3.8, 4) is 0 Å².